The number of fused-ring (bicyclic) bond motifs is 1. The van der Waals surface area contributed by atoms with Gasteiger partial charge < -0.3 is 5.32 Å². The maximum Gasteiger partial charge on any atom is 0.0490 e. The van der Waals surface area contributed by atoms with E-state index in [1.54, 1.807) is 6.20 Å². The SMILES string of the molecule is CC1(C)CCc2ccccc2C1NCc1ccn[nH]1. The highest BCUT2D eigenvalue weighted by Crippen LogP contribution is 2.43. The molecule has 1 aromatic carbocycles. The Bertz CT molecular complexity index is 543. The molecule has 100 valence electrons. The third-order valence-electron chi connectivity index (χ3n) is 4.24. The predicted molar refractivity (Wildman–Crippen MR) is 76.7 cm³/mol. The van der Waals surface area contributed by atoms with Gasteiger partial charge in [0.1, 0.15) is 0 Å². The van der Waals surface area contributed by atoms with Crippen molar-refractivity contribution in [3.63, 3.8) is 0 Å². The Hall–Kier alpha value is -1.61. The largest absolute Gasteiger partial charge is 0.304 e. The minimum atomic E-state index is 0.286. The fourth-order valence-corrected chi connectivity index (χ4v) is 3.05. The molecule has 19 heavy (non-hydrogen) atoms. The molecule has 2 N–H and O–H groups in total. The van der Waals surface area contributed by atoms with Gasteiger partial charge in [-0.3, -0.25) is 5.10 Å². The van der Waals surface area contributed by atoms with Gasteiger partial charge in [0.05, 0.1) is 0 Å². The van der Waals surface area contributed by atoms with Gasteiger partial charge in [-0.25, -0.2) is 0 Å². The molecule has 1 aliphatic carbocycles. The molecule has 0 fully saturated rings. The topological polar surface area (TPSA) is 40.7 Å². The zero-order valence-electron chi connectivity index (χ0n) is 11.6. The molecule has 1 aliphatic rings. The summed E-state index contributed by atoms with van der Waals surface area (Å²) < 4.78 is 0. The minimum Gasteiger partial charge on any atom is -0.304 e. The number of aromatic amines is 1. The standard InChI is InChI=1S/C16H21N3/c1-16(2)9-7-12-5-3-4-6-14(12)15(16)17-11-13-8-10-18-19-13/h3-6,8,10,15,17H,7,9,11H2,1-2H3,(H,18,19). The number of nitrogens with zero attached hydrogens (tertiary/aromatic N) is 1. The zero-order chi connectivity index (χ0) is 13.3. The molecule has 0 aliphatic heterocycles. The highest BCUT2D eigenvalue weighted by molar-refractivity contribution is 5.34. The number of hydrogen-bond donors (Lipinski definition) is 2. The van der Waals surface area contributed by atoms with Gasteiger partial charge in [-0.1, -0.05) is 38.1 Å². The summed E-state index contributed by atoms with van der Waals surface area (Å²) in [4.78, 5) is 0. The second-order valence-electron chi connectivity index (χ2n) is 6.08. The molecule has 1 unspecified atom stereocenters. The van der Waals surface area contributed by atoms with Crippen LogP contribution < -0.4 is 5.32 Å². The molecule has 3 nitrogen and oxygen atoms in total. The van der Waals surface area contributed by atoms with Crippen molar-refractivity contribution in [2.24, 2.45) is 5.41 Å². The fraction of sp³-hybridized carbons (Fsp3) is 0.438. The van der Waals surface area contributed by atoms with E-state index in [9.17, 15) is 0 Å². The first-order chi connectivity index (χ1) is 9.17. The van der Waals surface area contributed by atoms with Crippen LogP contribution in [0.25, 0.3) is 0 Å². The average Bonchev–Trinajstić information content (AvgIpc) is 2.90. The third-order valence-corrected chi connectivity index (χ3v) is 4.24. The third kappa shape index (κ3) is 2.43. The molecule has 1 aromatic heterocycles. The van der Waals surface area contributed by atoms with E-state index in [1.807, 2.05) is 6.07 Å². The van der Waals surface area contributed by atoms with Crippen LogP contribution in [0, 0.1) is 5.41 Å². The Balaban J connectivity index is 1.84. The highest BCUT2D eigenvalue weighted by atomic mass is 15.1. The van der Waals surface area contributed by atoms with E-state index in [4.69, 9.17) is 0 Å². The van der Waals surface area contributed by atoms with E-state index in [-0.39, 0.29) is 5.41 Å². The number of benzene rings is 1. The van der Waals surface area contributed by atoms with E-state index in [1.165, 1.54) is 24.0 Å². The summed E-state index contributed by atoms with van der Waals surface area (Å²) in [5, 5.41) is 10.7. The van der Waals surface area contributed by atoms with Crippen molar-refractivity contribution in [2.45, 2.75) is 39.3 Å². The molecule has 0 saturated heterocycles. The first-order valence-corrected chi connectivity index (χ1v) is 6.96. The van der Waals surface area contributed by atoms with Crippen molar-refractivity contribution in [1.82, 2.24) is 15.5 Å². The van der Waals surface area contributed by atoms with Crippen LogP contribution in [-0.2, 0) is 13.0 Å². The van der Waals surface area contributed by atoms with Gasteiger partial charge in [-0.05, 0) is 35.4 Å². The summed E-state index contributed by atoms with van der Waals surface area (Å²) >= 11 is 0. The van der Waals surface area contributed by atoms with Crippen molar-refractivity contribution in [3.05, 3.63) is 53.3 Å². The van der Waals surface area contributed by atoms with Crippen LogP contribution in [0.3, 0.4) is 0 Å². The molecule has 1 heterocycles. The summed E-state index contributed by atoms with van der Waals surface area (Å²) in [6.07, 6.45) is 4.22. The average molecular weight is 255 g/mol. The molecular formula is C16H21N3. The summed E-state index contributed by atoms with van der Waals surface area (Å²) in [6.45, 7) is 5.55. The molecule has 3 rings (SSSR count). The smallest absolute Gasteiger partial charge is 0.0490 e. The molecule has 0 spiro atoms. The van der Waals surface area contributed by atoms with Crippen molar-refractivity contribution >= 4 is 0 Å². The minimum absolute atomic E-state index is 0.286. The van der Waals surface area contributed by atoms with Crippen LogP contribution in [0.4, 0.5) is 0 Å². The molecule has 1 atom stereocenters. The molecule has 0 amide bonds. The number of hydrogen-bond acceptors (Lipinski definition) is 2. The van der Waals surface area contributed by atoms with Gasteiger partial charge in [0, 0.05) is 24.5 Å². The van der Waals surface area contributed by atoms with Gasteiger partial charge in [0.15, 0.2) is 0 Å². The Labute approximate surface area is 114 Å². The summed E-state index contributed by atoms with van der Waals surface area (Å²) in [5.41, 5.74) is 4.37. The van der Waals surface area contributed by atoms with Gasteiger partial charge >= 0.3 is 0 Å². The lowest BCUT2D eigenvalue weighted by molar-refractivity contribution is 0.207. The van der Waals surface area contributed by atoms with E-state index in [0.29, 0.717) is 6.04 Å². The second-order valence-corrected chi connectivity index (χ2v) is 6.08. The van der Waals surface area contributed by atoms with E-state index in [0.717, 1.165) is 12.2 Å². The van der Waals surface area contributed by atoms with Crippen molar-refractivity contribution in [1.29, 1.82) is 0 Å². The maximum absolute atomic E-state index is 4.00. The first kappa shape index (κ1) is 12.4. The first-order valence-electron chi connectivity index (χ1n) is 6.96. The van der Waals surface area contributed by atoms with E-state index in [2.05, 4.69) is 53.6 Å². The van der Waals surface area contributed by atoms with Gasteiger partial charge in [-0.2, -0.15) is 5.10 Å². The van der Waals surface area contributed by atoms with Crippen LogP contribution in [-0.4, -0.2) is 10.2 Å². The van der Waals surface area contributed by atoms with Crippen LogP contribution >= 0.6 is 0 Å². The van der Waals surface area contributed by atoms with Crippen LogP contribution in [0.15, 0.2) is 36.5 Å². The number of rotatable bonds is 3. The number of aryl methyl sites for hydroxylation is 1. The Kier molecular flexibility index (Phi) is 3.15. The molecule has 0 bridgehead atoms. The Morgan fingerprint density at radius 1 is 1.32 bits per heavy atom. The van der Waals surface area contributed by atoms with Crippen molar-refractivity contribution in [3.8, 4) is 0 Å². The van der Waals surface area contributed by atoms with Gasteiger partial charge in [0.2, 0.25) is 0 Å². The molecule has 3 heteroatoms. The molecule has 0 saturated carbocycles. The Morgan fingerprint density at radius 2 is 2.16 bits per heavy atom. The Morgan fingerprint density at radius 3 is 2.95 bits per heavy atom. The molecule has 2 aromatic rings. The number of aromatic nitrogens is 2. The lowest BCUT2D eigenvalue weighted by Gasteiger charge is -2.40. The van der Waals surface area contributed by atoms with E-state index < -0.39 is 0 Å². The monoisotopic (exact) mass is 255 g/mol. The van der Waals surface area contributed by atoms with Gasteiger partial charge in [-0.15, -0.1) is 0 Å². The normalized spacial score (nSPS) is 21.1. The van der Waals surface area contributed by atoms with Crippen LogP contribution in [0.1, 0.15) is 43.1 Å². The van der Waals surface area contributed by atoms with Crippen molar-refractivity contribution in [2.75, 3.05) is 0 Å². The molecular weight excluding hydrogens is 234 g/mol. The van der Waals surface area contributed by atoms with Gasteiger partial charge in [0.25, 0.3) is 0 Å². The zero-order valence-corrected chi connectivity index (χ0v) is 11.6. The van der Waals surface area contributed by atoms with Crippen LogP contribution in [0.2, 0.25) is 0 Å². The van der Waals surface area contributed by atoms with E-state index >= 15 is 0 Å². The predicted octanol–water partition coefficient (Wildman–Crippen LogP) is 3.21. The number of nitrogens with one attached hydrogen (secondary N) is 2. The lowest BCUT2D eigenvalue weighted by Crippen LogP contribution is -2.37. The number of H-pyrrole nitrogens is 1. The summed E-state index contributed by atoms with van der Waals surface area (Å²) in [7, 11) is 0. The maximum atomic E-state index is 4.00. The highest BCUT2D eigenvalue weighted by Gasteiger charge is 2.35. The summed E-state index contributed by atoms with van der Waals surface area (Å²) in [5.74, 6) is 0. The quantitative estimate of drug-likeness (QED) is 0.884. The molecule has 0 radical (unpaired) electrons. The summed E-state index contributed by atoms with van der Waals surface area (Å²) in [6, 6.07) is 11.2. The fourth-order valence-electron chi connectivity index (χ4n) is 3.05. The van der Waals surface area contributed by atoms with Crippen molar-refractivity contribution < 1.29 is 0 Å². The van der Waals surface area contributed by atoms with Crippen LogP contribution in [0.5, 0.6) is 0 Å². The second kappa shape index (κ2) is 4.82. The lowest BCUT2D eigenvalue weighted by atomic mass is 9.70.